The van der Waals surface area contributed by atoms with E-state index in [2.05, 4.69) is 0 Å². The summed E-state index contributed by atoms with van der Waals surface area (Å²) < 4.78 is 0. The maximum Gasteiger partial charge on any atom is 0.309 e. The summed E-state index contributed by atoms with van der Waals surface area (Å²) in [5.74, 6) is -0.538. The van der Waals surface area contributed by atoms with Gasteiger partial charge in [0.2, 0.25) is 0 Å². The van der Waals surface area contributed by atoms with Crippen molar-refractivity contribution in [3.8, 4) is 0 Å². The summed E-state index contributed by atoms with van der Waals surface area (Å²) in [4.78, 5) is 11.2. The van der Waals surface area contributed by atoms with Crippen molar-refractivity contribution in [1.29, 1.82) is 0 Å². The molecule has 1 fully saturated rings. The van der Waals surface area contributed by atoms with Gasteiger partial charge in [-0.2, -0.15) is 11.8 Å². The minimum atomic E-state index is -1.04. The van der Waals surface area contributed by atoms with E-state index in [4.69, 9.17) is 0 Å². The fourth-order valence-corrected chi connectivity index (χ4v) is 3.67. The number of hydrogen-bond donors (Lipinski definition) is 2. The zero-order chi connectivity index (χ0) is 11.6. The van der Waals surface area contributed by atoms with Gasteiger partial charge in [-0.3, -0.25) is 4.79 Å². The monoisotopic (exact) mass is 232 g/mol. The second kappa shape index (κ2) is 4.74. The molecular weight excluding hydrogens is 212 g/mol. The Morgan fingerprint density at radius 2 is 2.13 bits per heavy atom. The fourth-order valence-electron chi connectivity index (χ4n) is 2.45. The predicted octanol–water partition coefficient (Wildman–Crippen LogP) is 1.99. The summed E-state index contributed by atoms with van der Waals surface area (Å²) >= 11 is 1.67. The Hall–Kier alpha value is -0.220. The molecule has 2 N–H and O–H groups in total. The largest absolute Gasteiger partial charge is 0.481 e. The van der Waals surface area contributed by atoms with Gasteiger partial charge in [-0.25, -0.2) is 0 Å². The quantitative estimate of drug-likeness (QED) is 0.781. The molecule has 0 aromatic rings. The van der Waals surface area contributed by atoms with Gasteiger partial charge in [0.25, 0.3) is 0 Å². The highest BCUT2D eigenvalue weighted by Gasteiger charge is 2.48. The van der Waals surface area contributed by atoms with E-state index in [0.29, 0.717) is 6.42 Å². The molecule has 0 saturated carbocycles. The lowest BCUT2D eigenvalue weighted by molar-refractivity contribution is -0.156. The Morgan fingerprint density at radius 3 is 2.53 bits per heavy atom. The number of hydrogen-bond acceptors (Lipinski definition) is 3. The maximum absolute atomic E-state index is 11.2. The van der Waals surface area contributed by atoms with Crippen LogP contribution in [-0.4, -0.2) is 32.8 Å². The first-order valence-electron chi connectivity index (χ1n) is 5.46. The highest BCUT2D eigenvalue weighted by molar-refractivity contribution is 8.00. The molecule has 0 aromatic carbocycles. The van der Waals surface area contributed by atoms with E-state index in [9.17, 15) is 15.0 Å². The molecule has 88 valence electrons. The van der Waals surface area contributed by atoms with Crippen LogP contribution in [0.25, 0.3) is 0 Å². The highest BCUT2D eigenvalue weighted by atomic mass is 32.2. The van der Waals surface area contributed by atoms with Crippen LogP contribution in [0.4, 0.5) is 0 Å². The van der Waals surface area contributed by atoms with Crippen LogP contribution < -0.4 is 0 Å². The molecule has 15 heavy (non-hydrogen) atoms. The Labute approximate surface area is 95.3 Å². The first-order valence-corrected chi connectivity index (χ1v) is 6.51. The molecule has 1 aliphatic rings. The zero-order valence-electron chi connectivity index (χ0n) is 9.56. The van der Waals surface area contributed by atoms with Crippen molar-refractivity contribution >= 4 is 17.7 Å². The number of carboxylic acid groups (broad SMARTS) is 1. The lowest BCUT2D eigenvalue weighted by atomic mass is 9.75. The number of thioether (sulfide) groups is 1. The number of carboxylic acids is 1. The van der Waals surface area contributed by atoms with Gasteiger partial charge in [-0.1, -0.05) is 20.8 Å². The molecule has 1 aliphatic heterocycles. The third-order valence-corrected chi connectivity index (χ3v) is 4.70. The highest BCUT2D eigenvalue weighted by Crippen LogP contribution is 2.41. The standard InChI is InChI=1S/C11H20O3S/c1-7(2)9(10(12)13)11(14)5-4-6-15-8(11)3/h7-9,14H,4-6H2,1-3H3,(H,12,13). The average molecular weight is 232 g/mol. The van der Waals surface area contributed by atoms with Gasteiger partial charge < -0.3 is 10.2 Å². The second-order valence-corrected chi connectivity index (χ2v) is 6.12. The zero-order valence-corrected chi connectivity index (χ0v) is 10.4. The van der Waals surface area contributed by atoms with Gasteiger partial charge in [0.1, 0.15) is 0 Å². The van der Waals surface area contributed by atoms with Gasteiger partial charge in [-0.15, -0.1) is 0 Å². The molecule has 0 aromatic heterocycles. The topological polar surface area (TPSA) is 57.5 Å². The van der Waals surface area contributed by atoms with Crippen LogP contribution >= 0.6 is 11.8 Å². The van der Waals surface area contributed by atoms with Gasteiger partial charge >= 0.3 is 5.97 Å². The van der Waals surface area contributed by atoms with Gasteiger partial charge in [0, 0.05) is 5.25 Å². The summed E-state index contributed by atoms with van der Waals surface area (Å²) in [6.45, 7) is 5.66. The molecule has 3 unspecified atom stereocenters. The van der Waals surface area contributed by atoms with E-state index in [-0.39, 0.29) is 11.2 Å². The molecule has 1 saturated heterocycles. The molecule has 3 nitrogen and oxygen atoms in total. The summed E-state index contributed by atoms with van der Waals surface area (Å²) in [5.41, 5.74) is -1.04. The Kier molecular flexibility index (Phi) is 4.06. The van der Waals surface area contributed by atoms with E-state index in [0.717, 1.165) is 12.2 Å². The molecular formula is C11H20O3S. The van der Waals surface area contributed by atoms with Gasteiger partial charge in [-0.05, 0) is 24.5 Å². The average Bonchev–Trinajstić information content (AvgIpc) is 2.08. The van der Waals surface area contributed by atoms with Crippen LogP contribution in [-0.2, 0) is 4.79 Å². The molecule has 1 heterocycles. The first-order chi connectivity index (χ1) is 6.89. The first kappa shape index (κ1) is 12.8. The molecule has 0 amide bonds. The predicted molar refractivity (Wildman–Crippen MR) is 62.1 cm³/mol. The number of aliphatic hydroxyl groups is 1. The molecule has 1 rings (SSSR count). The van der Waals surface area contributed by atoms with E-state index in [1.807, 2.05) is 20.8 Å². The molecule has 0 radical (unpaired) electrons. The second-order valence-electron chi connectivity index (χ2n) is 4.67. The van der Waals surface area contributed by atoms with Crippen molar-refractivity contribution in [3.05, 3.63) is 0 Å². The van der Waals surface area contributed by atoms with Crippen LogP contribution in [0.1, 0.15) is 33.6 Å². The van der Waals surface area contributed by atoms with Crippen molar-refractivity contribution in [2.75, 3.05) is 5.75 Å². The van der Waals surface area contributed by atoms with Gasteiger partial charge in [0.05, 0.1) is 11.5 Å². The van der Waals surface area contributed by atoms with Crippen LogP contribution in [0.2, 0.25) is 0 Å². The van der Waals surface area contributed by atoms with Crippen molar-refractivity contribution in [2.24, 2.45) is 11.8 Å². The third kappa shape index (κ3) is 2.48. The van der Waals surface area contributed by atoms with Crippen LogP contribution in [0.5, 0.6) is 0 Å². The van der Waals surface area contributed by atoms with E-state index < -0.39 is 17.5 Å². The number of carbonyl (C=O) groups is 1. The van der Waals surface area contributed by atoms with Crippen molar-refractivity contribution in [2.45, 2.75) is 44.5 Å². The minimum absolute atomic E-state index is 0.00903. The molecule has 4 heteroatoms. The number of rotatable bonds is 3. The Bertz CT molecular complexity index is 242. The number of aliphatic carboxylic acids is 1. The van der Waals surface area contributed by atoms with Gasteiger partial charge in [0.15, 0.2) is 0 Å². The Balaban J connectivity index is 2.93. The van der Waals surface area contributed by atoms with E-state index in [1.54, 1.807) is 11.8 Å². The fraction of sp³-hybridized carbons (Fsp3) is 0.909. The molecule has 0 bridgehead atoms. The lowest BCUT2D eigenvalue weighted by Gasteiger charge is -2.43. The Morgan fingerprint density at radius 1 is 1.53 bits per heavy atom. The summed E-state index contributed by atoms with van der Waals surface area (Å²) in [6, 6.07) is 0. The summed E-state index contributed by atoms with van der Waals surface area (Å²) in [5, 5.41) is 19.8. The molecule has 0 aliphatic carbocycles. The lowest BCUT2D eigenvalue weighted by Crippen LogP contribution is -2.53. The maximum atomic E-state index is 11.2. The minimum Gasteiger partial charge on any atom is -0.481 e. The summed E-state index contributed by atoms with van der Waals surface area (Å²) in [7, 11) is 0. The van der Waals surface area contributed by atoms with Crippen molar-refractivity contribution < 1.29 is 15.0 Å². The third-order valence-electron chi connectivity index (χ3n) is 3.26. The van der Waals surface area contributed by atoms with E-state index >= 15 is 0 Å². The van der Waals surface area contributed by atoms with Crippen molar-refractivity contribution in [3.63, 3.8) is 0 Å². The smallest absolute Gasteiger partial charge is 0.309 e. The van der Waals surface area contributed by atoms with Crippen LogP contribution in [0.3, 0.4) is 0 Å². The van der Waals surface area contributed by atoms with E-state index in [1.165, 1.54) is 0 Å². The normalized spacial score (nSPS) is 34.1. The SMILES string of the molecule is CC(C)C(C(=O)O)C1(O)CCCSC1C. The summed E-state index contributed by atoms with van der Waals surface area (Å²) in [6.07, 6.45) is 1.51. The van der Waals surface area contributed by atoms with Crippen LogP contribution in [0, 0.1) is 11.8 Å². The molecule has 3 atom stereocenters. The van der Waals surface area contributed by atoms with Crippen LogP contribution in [0.15, 0.2) is 0 Å². The van der Waals surface area contributed by atoms with Crippen molar-refractivity contribution in [1.82, 2.24) is 0 Å². The molecule has 0 spiro atoms.